The molecular weight excluding hydrogens is 236 g/mol. The number of thioether (sulfide) groups is 1. The van der Waals surface area contributed by atoms with Gasteiger partial charge in [0.1, 0.15) is 0 Å². The number of thiazole rings is 1. The fourth-order valence-corrected chi connectivity index (χ4v) is 4.16. The molecule has 1 fully saturated rings. The molecule has 1 aliphatic rings. The zero-order valence-corrected chi connectivity index (χ0v) is 11.5. The second-order valence-electron chi connectivity index (χ2n) is 4.28. The molecule has 0 saturated heterocycles. The molecule has 4 heteroatoms. The lowest BCUT2D eigenvalue weighted by Crippen LogP contribution is -1.97. The summed E-state index contributed by atoms with van der Waals surface area (Å²) in [6.07, 6.45) is 8.90. The zero-order chi connectivity index (χ0) is 11.2. The van der Waals surface area contributed by atoms with E-state index in [0.29, 0.717) is 0 Å². The lowest BCUT2D eigenvalue weighted by Gasteiger charge is -2.06. The highest BCUT2D eigenvalue weighted by molar-refractivity contribution is 7.99. The highest BCUT2D eigenvalue weighted by Gasteiger charge is 2.15. The Morgan fingerprint density at radius 2 is 2.31 bits per heavy atom. The van der Waals surface area contributed by atoms with E-state index >= 15 is 0 Å². The second-order valence-corrected chi connectivity index (χ2v) is 6.68. The first-order valence-electron chi connectivity index (χ1n) is 6.18. The van der Waals surface area contributed by atoms with E-state index < -0.39 is 0 Å². The fraction of sp³-hybridized carbons (Fsp3) is 0.750. The summed E-state index contributed by atoms with van der Waals surface area (Å²) in [5.41, 5.74) is 0. The van der Waals surface area contributed by atoms with E-state index in [9.17, 15) is 0 Å². The first kappa shape index (κ1) is 12.2. The van der Waals surface area contributed by atoms with Crippen molar-refractivity contribution in [1.82, 2.24) is 4.98 Å². The molecule has 16 heavy (non-hydrogen) atoms. The summed E-state index contributed by atoms with van der Waals surface area (Å²) in [4.78, 5) is 5.81. The van der Waals surface area contributed by atoms with Crippen molar-refractivity contribution in [2.75, 3.05) is 11.9 Å². The summed E-state index contributed by atoms with van der Waals surface area (Å²) in [6.45, 7) is 3.21. The second kappa shape index (κ2) is 6.50. The number of nitrogens with one attached hydrogen (secondary N) is 1. The Hall–Kier alpha value is -0.220. The number of hydrogen-bond donors (Lipinski definition) is 1. The van der Waals surface area contributed by atoms with Crippen molar-refractivity contribution in [2.24, 2.45) is 0 Å². The molecule has 1 heterocycles. The Bertz CT molecular complexity index is 306. The van der Waals surface area contributed by atoms with E-state index in [1.54, 1.807) is 0 Å². The normalized spacial score (nSPS) is 16.8. The van der Waals surface area contributed by atoms with Gasteiger partial charge in [0, 0.05) is 28.6 Å². The average molecular weight is 256 g/mol. The molecule has 0 radical (unpaired) electrons. The van der Waals surface area contributed by atoms with Gasteiger partial charge < -0.3 is 5.32 Å². The van der Waals surface area contributed by atoms with Crippen LogP contribution >= 0.6 is 23.1 Å². The van der Waals surface area contributed by atoms with Gasteiger partial charge in [-0.2, -0.15) is 11.8 Å². The number of nitrogens with zero attached hydrogens (tertiary/aromatic N) is 1. The van der Waals surface area contributed by atoms with E-state index in [1.807, 2.05) is 17.5 Å². The maximum Gasteiger partial charge on any atom is 0.182 e. The SMILES string of the molecule is CCCNc1ncc(CSC2CCCC2)s1. The van der Waals surface area contributed by atoms with Crippen molar-refractivity contribution < 1.29 is 0 Å². The highest BCUT2D eigenvalue weighted by Crippen LogP contribution is 2.33. The predicted octanol–water partition coefficient (Wildman–Crippen LogP) is 4.14. The molecule has 0 bridgehead atoms. The third-order valence-electron chi connectivity index (χ3n) is 2.84. The molecule has 1 saturated carbocycles. The van der Waals surface area contributed by atoms with Crippen molar-refractivity contribution >= 4 is 28.2 Å². The van der Waals surface area contributed by atoms with Gasteiger partial charge in [0.25, 0.3) is 0 Å². The van der Waals surface area contributed by atoms with Crippen LogP contribution in [0, 0.1) is 0 Å². The number of aromatic nitrogens is 1. The minimum atomic E-state index is 0.911. The number of hydrogen-bond acceptors (Lipinski definition) is 4. The van der Waals surface area contributed by atoms with Gasteiger partial charge in [-0.25, -0.2) is 4.98 Å². The van der Waals surface area contributed by atoms with Crippen LogP contribution in [0.25, 0.3) is 0 Å². The minimum Gasteiger partial charge on any atom is -0.362 e. The molecule has 1 aromatic rings. The van der Waals surface area contributed by atoms with Crippen molar-refractivity contribution in [1.29, 1.82) is 0 Å². The smallest absolute Gasteiger partial charge is 0.182 e. The lowest BCUT2D eigenvalue weighted by molar-refractivity contribution is 0.886. The van der Waals surface area contributed by atoms with Crippen LogP contribution in [0.15, 0.2) is 6.20 Å². The van der Waals surface area contributed by atoms with Gasteiger partial charge >= 0.3 is 0 Å². The molecule has 2 rings (SSSR count). The molecule has 0 amide bonds. The Kier molecular flexibility index (Phi) is 4.97. The molecule has 90 valence electrons. The van der Waals surface area contributed by atoms with Crippen LogP contribution in [0.4, 0.5) is 5.13 Å². The monoisotopic (exact) mass is 256 g/mol. The van der Waals surface area contributed by atoms with Gasteiger partial charge in [-0.05, 0) is 19.3 Å². The first-order valence-corrected chi connectivity index (χ1v) is 8.05. The predicted molar refractivity (Wildman–Crippen MR) is 74.4 cm³/mol. The van der Waals surface area contributed by atoms with Gasteiger partial charge in [0.05, 0.1) is 0 Å². The quantitative estimate of drug-likeness (QED) is 0.828. The maximum atomic E-state index is 4.39. The molecular formula is C12H20N2S2. The lowest BCUT2D eigenvalue weighted by atomic mass is 10.4. The molecule has 0 spiro atoms. The van der Waals surface area contributed by atoms with Crippen LogP contribution < -0.4 is 5.32 Å². The average Bonchev–Trinajstić information content (AvgIpc) is 2.95. The summed E-state index contributed by atoms with van der Waals surface area (Å²) >= 11 is 3.93. The molecule has 0 atom stereocenters. The standard InChI is InChI=1S/C12H20N2S2/c1-2-7-13-12-14-8-11(16-12)9-15-10-5-3-4-6-10/h8,10H,2-7,9H2,1H3,(H,13,14). The summed E-state index contributed by atoms with van der Waals surface area (Å²) in [5, 5.41) is 5.34. The van der Waals surface area contributed by atoms with Crippen LogP contribution in [-0.4, -0.2) is 16.8 Å². The molecule has 0 aliphatic heterocycles. The third-order valence-corrected chi connectivity index (χ3v) is 5.40. The third kappa shape index (κ3) is 3.67. The fourth-order valence-electron chi connectivity index (χ4n) is 1.94. The van der Waals surface area contributed by atoms with E-state index in [-0.39, 0.29) is 0 Å². The molecule has 1 aromatic heterocycles. The minimum absolute atomic E-state index is 0.911. The van der Waals surface area contributed by atoms with Crippen LogP contribution in [0.5, 0.6) is 0 Å². The number of rotatable bonds is 6. The Balaban J connectivity index is 1.73. The van der Waals surface area contributed by atoms with E-state index in [4.69, 9.17) is 0 Å². The largest absolute Gasteiger partial charge is 0.362 e. The van der Waals surface area contributed by atoms with Crippen molar-refractivity contribution in [3.05, 3.63) is 11.1 Å². The Morgan fingerprint density at radius 1 is 1.50 bits per heavy atom. The van der Waals surface area contributed by atoms with Crippen molar-refractivity contribution in [2.45, 2.75) is 50.0 Å². The van der Waals surface area contributed by atoms with Crippen LogP contribution in [-0.2, 0) is 5.75 Å². The van der Waals surface area contributed by atoms with Gasteiger partial charge in [-0.3, -0.25) is 0 Å². The molecule has 2 nitrogen and oxygen atoms in total. The van der Waals surface area contributed by atoms with Gasteiger partial charge in [-0.15, -0.1) is 11.3 Å². The van der Waals surface area contributed by atoms with E-state index in [1.165, 1.54) is 30.6 Å². The highest BCUT2D eigenvalue weighted by atomic mass is 32.2. The van der Waals surface area contributed by atoms with Gasteiger partial charge in [0.2, 0.25) is 0 Å². The Morgan fingerprint density at radius 3 is 3.06 bits per heavy atom. The van der Waals surface area contributed by atoms with Crippen LogP contribution in [0.3, 0.4) is 0 Å². The van der Waals surface area contributed by atoms with Crippen LogP contribution in [0.1, 0.15) is 43.9 Å². The summed E-state index contributed by atoms with van der Waals surface area (Å²) in [5.74, 6) is 1.15. The molecule has 0 aromatic carbocycles. The van der Waals surface area contributed by atoms with Crippen LogP contribution in [0.2, 0.25) is 0 Å². The Labute approximate surface area is 106 Å². The maximum absolute atomic E-state index is 4.39. The first-order chi connectivity index (χ1) is 7.88. The summed E-state index contributed by atoms with van der Waals surface area (Å²) < 4.78 is 0. The van der Waals surface area contributed by atoms with Crippen molar-refractivity contribution in [3.63, 3.8) is 0 Å². The molecule has 1 N–H and O–H groups in total. The zero-order valence-electron chi connectivity index (χ0n) is 9.87. The summed E-state index contributed by atoms with van der Waals surface area (Å²) in [6, 6.07) is 0. The number of anilines is 1. The van der Waals surface area contributed by atoms with Gasteiger partial charge in [-0.1, -0.05) is 19.8 Å². The molecule has 0 unspecified atom stereocenters. The van der Waals surface area contributed by atoms with E-state index in [0.717, 1.165) is 29.1 Å². The molecule has 1 aliphatic carbocycles. The van der Waals surface area contributed by atoms with E-state index in [2.05, 4.69) is 29.0 Å². The van der Waals surface area contributed by atoms with Crippen molar-refractivity contribution in [3.8, 4) is 0 Å². The summed E-state index contributed by atoms with van der Waals surface area (Å²) in [7, 11) is 0. The topological polar surface area (TPSA) is 24.9 Å². The van der Waals surface area contributed by atoms with Gasteiger partial charge in [0.15, 0.2) is 5.13 Å².